The summed E-state index contributed by atoms with van der Waals surface area (Å²) in [7, 11) is 3.25. The molecule has 0 aliphatic carbocycles. The van der Waals surface area contributed by atoms with Crippen molar-refractivity contribution >= 4 is 23.2 Å². The van der Waals surface area contributed by atoms with E-state index in [0.29, 0.717) is 23.3 Å². The van der Waals surface area contributed by atoms with Crippen LogP contribution in [0.4, 0.5) is 5.69 Å². The second kappa shape index (κ2) is 10.8. The molecule has 2 aromatic rings. The molecule has 3 N–H and O–H groups in total. The Hall–Kier alpha value is -2.44. The minimum absolute atomic E-state index is 0.102. The van der Waals surface area contributed by atoms with Gasteiger partial charge in [-0.15, -0.1) is 0 Å². The zero-order chi connectivity index (χ0) is 20.5. The number of methoxy groups -OCH3 is 2. The number of hydrogen-bond donors (Lipinski definition) is 2. The van der Waals surface area contributed by atoms with E-state index >= 15 is 0 Å². The first-order valence-electron chi connectivity index (χ1n) is 9.30. The molecule has 2 rings (SSSR count). The number of nitrogens with zero attached hydrogens (tertiary/aromatic N) is 2. The van der Waals surface area contributed by atoms with Gasteiger partial charge < -0.3 is 20.5 Å². The summed E-state index contributed by atoms with van der Waals surface area (Å²) in [5, 5.41) is 3.59. The van der Waals surface area contributed by atoms with E-state index in [1.807, 2.05) is 24.3 Å². The van der Waals surface area contributed by atoms with Crippen LogP contribution in [0.1, 0.15) is 25.5 Å². The van der Waals surface area contributed by atoms with E-state index in [0.717, 1.165) is 30.1 Å². The van der Waals surface area contributed by atoms with Crippen molar-refractivity contribution in [3.05, 3.63) is 53.1 Å². The lowest BCUT2D eigenvalue weighted by molar-refractivity contribution is 0.224. The van der Waals surface area contributed by atoms with Gasteiger partial charge in [0, 0.05) is 5.69 Å². The van der Waals surface area contributed by atoms with Crippen LogP contribution < -0.4 is 20.5 Å². The van der Waals surface area contributed by atoms with Gasteiger partial charge in [0.05, 0.1) is 31.8 Å². The topological polar surface area (TPSA) is 72.1 Å². The molecule has 7 heteroatoms. The monoisotopic (exact) mass is 404 g/mol. The first-order chi connectivity index (χ1) is 13.5. The van der Waals surface area contributed by atoms with Gasteiger partial charge in [-0.05, 0) is 49.0 Å². The molecule has 0 fully saturated rings. The van der Waals surface area contributed by atoms with Crippen LogP contribution in [0.5, 0.6) is 11.5 Å². The molecule has 0 aliphatic rings. The van der Waals surface area contributed by atoms with E-state index in [-0.39, 0.29) is 6.04 Å². The lowest BCUT2D eigenvalue weighted by atomic mass is 10.0. The Kier molecular flexibility index (Phi) is 8.42. The zero-order valence-corrected chi connectivity index (χ0v) is 17.7. The molecule has 152 valence electrons. The maximum atomic E-state index is 6.16. The largest absolute Gasteiger partial charge is 0.497 e. The van der Waals surface area contributed by atoms with Crippen molar-refractivity contribution in [1.29, 1.82) is 0 Å². The highest BCUT2D eigenvalue weighted by Gasteiger charge is 2.18. The number of halogens is 1. The number of guanidine groups is 1. The maximum absolute atomic E-state index is 6.16. The van der Waals surface area contributed by atoms with Gasteiger partial charge in [-0.25, -0.2) is 0 Å². The van der Waals surface area contributed by atoms with Crippen molar-refractivity contribution in [1.82, 2.24) is 4.90 Å². The molecule has 0 spiro atoms. The molecule has 0 heterocycles. The number of aliphatic imine (C=N–C) groups is 1. The Morgan fingerprint density at radius 2 is 1.89 bits per heavy atom. The Balaban J connectivity index is 2.17. The van der Waals surface area contributed by atoms with Crippen molar-refractivity contribution in [3.8, 4) is 11.5 Å². The predicted octanol–water partition coefficient (Wildman–Crippen LogP) is 4.17. The molecule has 0 aromatic heterocycles. The Bertz CT molecular complexity index is 794. The second-order valence-electron chi connectivity index (χ2n) is 6.21. The first kappa shape index (κ1) is 21.9. The van der Waals surface area contributed by atoms with Crippen LogP contribution in [0.2, 0.25) is 5.02 Å². The lowest BCUT2D eigenvalue weighted by Gasteiger charge is -2.29. The van der Waals surface area contributed by atoms with Crippen LogP contribution in [0.25, 0.3) is 0 Å². The summed E-state index contributed by atoms with van der Waals surface area (Å²) in [4.78, 5) is 6.91. The number of anilines is 1. The maximum Gasteiger partial charge on any atom is 0.193 e. The summed E-state index contributed by atoms with van der Waals surface area (Å²) in [6.07, 6.45) is 0. The summed E-state index contributed by atoms with van der Waals surface area (Å²) in [6.45, 7) is 6.63. The molecule has 1 unspecified atom stereocenters. The molecule has 28 heavy (non-hydrogen) atoms. The van der Waals surface area contributed by atoms with E-state index in [1.54, 1.807) is 26.4 Å². The minimum atomic E-state index is 0.102. The fraction of sp³-hybridized carbons (Fsp3) is 0.381. The fourth-order valence-electron chi connectivity index (χ4n) is 3.06. The van der Waals surface area contributed by atoms with Gasteiger partial charge in [0.1, 0.15) is 11.5 Å². The number of ether oxygens (including phenoxy) is 2. The smallest absolute Gasteiger partial charge is 0.193 e. The van der Waals surface area contributed by atoms with Crippen LogP contribution in [0.3, 0.4) is 0 Å². The van der Waals surface area contributed by atoms with Crippen LogP contribution in [0, 0.1) is 0 Å². The Labute approximate surface area is 172 Å². The van der Waals surface area contributed by atoms with Crippen molar-refractivity contribution in [2.24, 2.45) is 10.7 Å². The van der Waals surface area contributed by atoms with Crippen LogP contribution >= 0.6 is 11.6 Å². The summed E-state index contributed by atoms with van der Waals surface area (Å²) in [5.41, 5.74) is 8.02. The summed E-state index contributed by atoms with van der Waals surface area (Å²) >= 11 is 6.16. The number of hydrogen-bond acceptors (Lipinski definition) is 4. The van der Waals surface area contributed by atoms with Crippen LogP contribution in [-0.2, 0) is 0 Å². The fourth-order valence-corrected chi connectivity index (χ4v) is 3.32. The van der Waals surface area contributed by atoms with Gasteiger partial charge in [-0.2, -0.15) is 0 Å². The molecule has 1 atom stereocenters. The number of likely N-dealkylation sites (N-methyl/N-ethyl adjacent to an activating group) is 1. The number of nitrogens with one attached hydrogen (secondary N) is 1. The highest BCUT2D eigenvalue weighted by Crippen LogP contribution is 2.27. The van der Waals surface area contributed by atoms with E-state index in [4.69, 9.17) is 26.8 Å². The van der Waals surface area contributed by atoms with E-state index in [9.17, 15) is 0 Å². The SMILES string of the molecule is CCN(CC)C(CN=C(N)Nc1ccc(OC)c(Cl)c1)c1cccc(OC)c1. The Morgan fingerprint density at radius 3 is 2.50 bits per heavy atom. The standard InChI is InChI=1S/C21H29ClN4O2/c1-5-26(6-2)19(15-8-7-9-17(12-15)27-3)14-24-21(23)25-16-10-11-20(28-4)18(22)13-16/h7-13,19H,5-6,14H2,1-4H3,(H3,23,24,25). The van der Waals surface area contributed by atoms with Gasteiger partial charge >= 0.3 is 0 Å². The highest BCUT2D eigenvalue weighted by molar-refractivity contribution is 6.32. The number of rotatable bonds is 9. The Morgan fingerprint density at radius 1 is 1.14 bits per heavy atom. The third kappa shape index (κ3) is 5.78. The van der Waals surface area contributed by atoms with Crippen LogP contribution in [-0.4, -0.2) is 44.7 Å². The molecule has 0 saturated carbocycles. The number of benzene rings is 2. The molecule has 0 aliphatic heterocycles. The molecular formula is C21H29ClN4O2. The van der Waals surface area contributed by atoms with Crippen molar-refractivity contribution < 1.29 is 9.47 Å². The molecule has 2 aromatic carbocycles. The van der Waals surface area contributed by atoms with E-state index < -0.39 is 0 Å². The average Bonchev–Trinajstić information content (AvgIpc) is 2.71. The van der Waals surface area contributed by atoms with E-state index in [2.05, 4.69) is 35.1 Å². The molecule has 0 amide bonds. The minimum Gasteiger partial charge on any atom is -0.497 e. The van der Waals surface area contributed by atoms with Gasteiger partial charge in [-0.3, -0.25) is 9.89 Å². The van der Waals surface area contributed by atoms with Crippen molar-refractivity contribution in [3.63, 3.8) is 0 Å². The third-order valence-corrected chi connectivity index (χ3v) is 4.89. The van der Waals surface area contributed by atoms with Gasteiger partial charge in [0.2, 0.25) is 0 Å². The van der Waals surface area contributed by atoms with Gasteiger partial charge in [0.15, 0.2) is 5.96 Å². The van der Waals surface area contributed by atoms with Gasteiger partial charge in [-0.1, -0.05) is 37.6 Å². The van der Waals surface area contributed by atoms with E-state index in [1.165, 1.54) is 0 Å². The third-order valence-electron chi connectivity index (χ3n) is 4.59. The van der Waals surface area contributed by atoms with Crippen molar-refractivity contribution in [2.45, 2.75) is 19.9 Å². The van der Waals surface area contributed by atoms with Gasteiger partial charge in [0.25, 0.3) is 0 Å². The molecule has 0 saturated heterocycles. The predicted molar refractivity (Wildman–Crippen MR) is 117 cm³/mol. The average molecular weight is 405 g/mol. The molecular weight excluding hydrogens is 376 g/mol. The van der Waals surface area contributed by atoms with Crippen molar-refractivity contribution in [2.75, 3.05) is 39.2 Å². The molecule has 6 nitrogen and oxygen atoms in total. The molecule has 0 bridgehead atoms. The zero-order valence-electron chi connectivity index (χ0n) is 16.9. The molecule has 0 radical (unpaired) electrons. The second-order valence-corrected chi connectivity index (χ2v) is 6.62. The summed E-state index contributed by atoms with van der Waals surface area (Å²) in [6, 6.07) is 13.6. The summed E-state index contributed by atoms with van der Waals surface area (Å²) in [5.74, 6) is 1.78. The lowest BCUT2D eigenvalue weighted by Crippen LogP contribution is -2.32. The normalized spacial score (nSPS) is 12.7. The summed E-state index contributed by atoms with van der Waals surface area (Å²) < 4.78 is 10.5. The number of nitrogens with two attached hydrogens (primary N) is 1. The quantitative estimate of drug-likeness (QED) is 0.484. The highest BCUT2D eigenvalue weighted by atomic mass is 35.5. The first-order valence-corrected chi connectivity index (χ1v) is 9.68. The van der Waals surface area contributed by atoms with Crippen LogP contribution in [0.15, 0.2) is 47.5 Å².